The number of aliphatic carboxylic acids is 1. The number of benzene rings is 1. The van der Waals surface area contributed by atoms with Gasteiger partial charge in [-0.15, -0.1) is 0 Å². The maximum absolute atomic E-state index is 11.8. The van der Waals surface area contributed by atoms with Crippen LogP contribution in [-0.4, -0.2) is 41.6 Å². The van der Waals surface area contributed by atoms with Gasteiger partial charge in [-0.3, -0.25) is 4.79 Å². The monoisotopic (exact) mass is 385 g/mol. The number of halogens is 3. The average Bonchev–Trinajstić information content (AvgIpc) is 2.41. The molecule has 0 aliphatic carbocycles. The molecule has 0 spiro atoms. The first-order chi connectivity index (χ1) is 10.3. The molecular weight excluding hydrogens is 373 g/mol. The second kappa shape index (κ2) is 9.35. The quantitative estimate of drug-likeness (QED) is 0.716. The Kier molecular flexibility index (Phi) is 8.17. The van der Waals surface area contributed by atoms with Crippen LogP contribution in [0.2, 0.25) is 15.1 Å². The summed E-state index contributed by atoms with van der Waals surface area (Å²) < 4.78 is 5.24. The van der Waals surface area contributed by atoms with Gasteiger partial charge in [-0.2, -0.15) is 11.8 Å². The maximum atomic E-state index is 11.8. The van der Waals surface area contributed by atoms with Gasteiger partial charge in [0.05, 0.1) is 10.0 Å². The third kappa shape index (κ3) is 6.12. The largest absolute Gasteiger partial charge is 0.481 e. The number of amides is 1. The van der Waals surface area contributed by atoms with Crippen molar-refractivity contribution in [3.8, 4) is 5.75 Å². The molecule has 0 saturated heterocycles. The van der Waals surface area contributed by atoms with Gasteiger partial charge in [-0.05, 0) is 30.6 Å². The van der Waals surface area contributed by atoms with Crippen molar-refractivity contribution in [2.75, 3.05) is 18.6 Å². The summed E-state index contributed by atoms with van der Waals surface area (Å²) in [5.74, 6) is -0.924. The van der Waals surface area contributed by atoms with E-state index in [0.717, 1.165) is 0 Å². The molecule has 1 rings (SSSR count). The SMILES string of the molecule is CSCC[C@H](NC(=O)COc1c(Cl)cc(Cl)cc1Cl)C(=O)O. The van der Waals surface area contributed by atoms with E-state index >= 15 is 0 Å². The van der Waals surface area contributed by atoms with Crippen molar-refractivity contribution in [1.82, 2.24) is 5.32 Å². The molecule has 0 aromatic heterocycles. The van der Waals surface area contributed by atoms with E-state index < -0.39 is 24.5 Å². The topological polar surface area (TPSA) is 75.6 Å². The number of carboxylic acids is 1. The van der Waals surface area contributed by atoms with Crippen molar-refractivity contribution in [3.63, 3.8) is 0 Å². The summed E-state index contributed by atoms with van der Waals surface area (Å²) in [5.41, 5.74) is 0. The van der Waals surface area contributed by atoms with Crippen LogP contribution < -0.4 is 10.1 Å². The number of hydrogen-bond donors (Lipinski definition) is 2. The zero-order valence-corrected chi connectivity index (χ0v) is 14.7. The van der Waals surface area contributed by atoms with E-state index in [1.54, 1.807) is 0 Å². The minimum Gasteiger partial charge on any atom is -0.481 e. The molecule has 0 saturated carbocycles. The summed E-state index contributed by atoms with van der Waals surface area (Å²) in [4.78, 5) is 22.8. The van der Waals surface area contributed by atoms with Crippen LogP contribution in [0, 0.1) is 0 Å². The van der Waals surface area contributed by atoms with E-state index in [0.29, 0.717) is 17.2 Å². The summed E-state index contributed by atoms with van der Waals surface area (Å²) in [5, 5.41) is 12.1. The Morgan fingerprint density at radius 2 is 1.91 bits per heavy atom. The van der Waals surface area contributed by atoms with Crippen molar-refractivity contribution in [1.29, 1.82) is 0 Å². The predicted octanol–water partition coefficient (Wildman–Crippen LogP) is 3.35. The maximum Gasteiger partial charge on any atom is 0.326 e. The highest BCUT2D eigenvalue weighted by atomic mass is 35.5. The van der Waals surface area contributed by atoms with E-state index in [-0.39, 0.29) is 15.8 Å². The van der Waals surface area contributed by atoms with Gasteiger partial charge in [-0.25, -0.2) is 4.79 Å². The Balaban J connectivity index is 2.60. The number of carbonyl (C=O) groups excluding carboxylic acids is 1. The number of carboxylic acid groups (broad SMARTS) is 1. The molecule has 22 heavy (non-hydrogen) atoms. The standard InChI is InChI=1S/C13H14Cl3NO4S/c1-22-3-2-10(13(19)20)17-11(18)6-21-12-8(15)4-7(14)5-9(12)16/h4-5,10H,2-3,6H2,1H3,(H,17,18)(H,19,20)/t10-/m0/s1. The van der Waals surface area contributed by atoms with Gasteiger partial charge in [0.15, 0.2) is 12.4 Å². The lowest BCUT2D eigenvalue weighted by molar-refractivity contribution is -0.142. The highest BCUT2D eigenvalue weighted by Gasteiger charge is 2.20. The smallest absolute Gasteiger partial charge is 0.326 e. The van der Waals surface area contributed by atoms with Crippen molar-refractivity contribution in [2.45, 2.75) is 12.5 Å². The van der Waals surface area contributed by atoms with Crippen LogP contribution in [0.1, 0.15) is 6.42 Å². The number of rotatable bonds is 8. The van der Waals surface area contributed by atoms with Gasteiger partial charge < -0.3 is 15.2 Å². The Morgan fingerprint density at radius 1 is 1.32 bits per heavy atom. The molecular formula is C13H14Cl3NO4S. The molecule has 0 aliphatic rings. The van der Waals surface area contributed by atoms with Crippen LogP contribution in [0.15, 0.2) is 12.1 Å². The Bertz CT molecular complexity index is 533. The van der Waals surface area contributed by atoms with Crippen LogP contribution in [0.3, 0.4) is 0 Å². The lowest BCUT2D eigenvalue weighted by atomic mass is 10.2. The Labute approximate surface area is 147 Å². The van der Waals surface area contributed by atoms with Crippen LogP contribution >= 0.6 is 46.6 Å². The molecule has 1 amide bonds. The van der Waals surface area contributed by atoms with Crippen LogP contribution in [0.5, 0.6) is 5.75 Å². The van der Waals surface area contributed by atoms with E-state index in [1.807, 2.05) is 6.26 Å². The molecule has 2 N–H and O–H groups in total. The van der Waals surface area contributed by atoms with Crippen LogP contribution in [0.25, 0.3) is 0 Å². The third-order valence-electron chi connectivity index (χ3n) is 2.55. The first kappa shape index (κ1) is 19.2. The first-order valence-corrected chi connectivity index (χ1v) is 8.66. The van der Waals surface area contributed by atoms with Gasteiger partial charge in [0.25, 0.3) is 5.91 Å². The molecule has 1 aromatic rings. The van der Waals surface area contributed by atoms with Crippen molar-refractivity contribution >= 4 is 58.4 Å². The van der Waals surface area contributed by atoms with E-state index in [9.17, 15) is 9.59 Å². The molecule has 0 aliphatic heterocycles. The zero-order valence-electron chi connectivity index (χ0n) is 11.6. The Hall–Kier alpha value is -0.820. The second-order valence-electron chi connectivity index (χ2n) is 4.23. The summed E-state index contributed by atoms with van der Waals surface area (Å²) >= 11 is 19.1. The van der Waals surface area contributed by atoms with Crippen molar-refractivity contribution in [3.05, 3.63) is 27.2 Å². The lowest BCUT2D eigenvalue weighted by Gasteiger charge is -2.15. The fourth-order valence-corrected chi connectivity index (χ4v) is 2.93. The molecule has 5 nitrogen and oxygen atoms in total. The van der Waals surface area contributed by atoms with Crippen molar-refractivity contribution in [2.24, 2.45) is 0 Å². The molecule has 0 radical (unpaired) electrons. The van der Waals surface area contributed by atoms with Gasteiger partial charge >= 0.3 is 5.97 Å². The summed E-state index contributed by atoms with van der Waals surface area (Å²) in [6.07, 6.45) is 2.18. The third-order valence-corrected chi connectivity index (χ3v) is 3.98. The van der Waals surface area contributed by atoms with E-state index in [1.165, 1.54) is 23.9 Å². The molecule has 1 atom stereocenters. The molecule has 9 heteroatoms. The van der Waals surface area contributed by atoms with Crippen LogP contribution in [0.4, 0.5) is 0 Å². The minimum absolute atomic E-state index is 0.124. The molecule has 122 valence electrons. The normalized spacial score (nSPS) is 11.8. The highest BCUT2D eigenvalue weighted by molar-refractivity contribution is 7.98. The summed E-state index contributed by atoms with van der Waals surface area (Å²) in [6.45, 7) is -0.399. The van der Waals surface area contributed by atoms with Gasteiger partial charge in [-0.1, -0.05) is 34.8 Å². The Morgan fingerprint density at radius 3 is 2.41 bits per heavy atom. The number of hydrogen-bond acceptors (Lipinski definition) is 4. The van der Waals surface area contributed by atoms with Gasteiger partial charge in [0.2, 0.25) is 0 Å². The van der Waals surface area contributed by atoms with Crippen LogP contribution in [-0.2, 0) is 9.59 Å². The van der Waals surface area contributed by atoms with Gasteiger partial charge in [0.1, 0.15) is 6.04 Å². The fourth-order valence-electron chi connectivity index (χ4n) is 1.53. The number of carbonyl (C=O) groups is 2. The molecule has 0 heterocycles. The van der Waals surface area contributed by atoms with Gasteiger partial charge in [0, 0.05) is 5.02 Å². The average molecular weight is 387 g/mol. The molecule has 0 fully saturated rings. The summed E-state index contributed by atoms with van der Waals surface area (Å²) in [6, 6.07) is 1.90. The number of thioether (sulfide) groups is 1. The summed E-state index contributed by atoms with van der Waals surface area (Å²) in [7, 11) is 0. The number of nitrogens with one attached hydrogen (secondary N) is 1. The molecule has 0 unspecified atom stereocenters. The molecule has 0 bridgehead atoms. The minimum atomic E-state index is -1.09. The van der Waals surface area contributed by atoms with E-state index in [4.69, 9.17) is 44.6 Å². The molecule has 1 aromatic carbocycles. The first-order valence-electron chi connectivity index (χ1n) is 6.13. The second-order valence-corrected chi connectivity index (χ2v) is 6.46. The zero-order chi connectivity index (χ0) is 16.7. The van der Waals surface area contributed by atoms with Crippen molar-refractivity contribution < 1.29 is 19.4 Å². The predicted molar refractivity (Wildman–Crippen MR) is 89.5 cm³/mol. The fraction of sp³-hybridized carbons (Fsp3) is 0.385. The lowest BCUT2D eigenvalue weighted by Crippen LogP contribution is -2.43. The number of ether oxygens (including phenoxy) is 1. The van der Waals surface area contributed by atoms with E-state index in [2.05, 4.69) is 5.32 Å². The highest BCUT2D eigenvalue weighted by Crippen LogP contribution is 2.35.